The molecular weight excluding hydrogens is 542 g/mol. The fraction of sp³-hybridized carbons (Fsp3) is 0.618. The van der Waals surface area contributed by atoms with Crippen LogP contribution in [0.15, 0.2) is 36.5 Å². The number of ether oxygens (including phenoxy) is 2. The van der Waals surface area contributed by atoms with Crippen LogP contribution < -0.4 is 4.90 Å². The lowest BCUT2D eigenvalue weighted by Crippen LogP contribution is -2.52. The van der Waals surface area contributed by atoms with E-state index in [-0.39, 0.29) is 24.3 Å². The molecule has 0 spiro atoms. The summed E-state index contributed by atoms with van der Waals surface area (Å²) in [6.45, 7) is 15.4. The first-order chi connectivity index (χ1) is 20.3. The van der Waals surface area contributed by atoms with Crippen molar-refractivity contribution in [1.82, 2.24) is 19.7 Å². The molecule has 9 heteroatoms. The number of likely N-dealkylation sites (N-methyl/N-ethyl adjacent to an activating group) is 1. The van der Waals surface area contributed by atoms with E-state index >= 15 is 0 Å². The smallest absolute Gasteiger partial charge is 0.410 e. The molecule has 2 unspecified atom stereocenters. The number of hydrogen-bond acceptors (Lipinski definition) is 7. The summed E-state index contributed by atoms with van der Waals surface area (Å²) in [6, 6.07) is 10.8. The molecule has 1 aromatic heterocycles. The summed E-state index contributed by atoms with van der Waals surface area (Å²) in [5.74, 6) is 0. The molecule has 0 bridgehead atoms. The average Bonchev–Trinajstić information content (AvgIpc) is 2.94. The van der Waals surface area contributed by atoms with E-state index < -0.39 is 11.2 Å². The van der Waals surface area contributed by atoms with Gasteiger partial charge in [0.15, 0.2) is 0 Å². The van der Waals surface area contributed by atoms with E-state index in [0.29, 0.717) is 19.6 Å². The molecule has 0 radical (unpaired) electrons. The summed E-state index contributed by atoms with van der Waals surface area (Å²) in [7, 11) is 2.17. The fourth-order valence-corrected chi connectivity index (χ4v) is 6.59. The number of pyridine rings is 1. The monoisotopic (exact) mass is 591 g/mol. The molecule has 234 valence electrons. The Morgan fingerprint density at radius 2 is 1.60 bits per heavy atom. The van der Waals surface area contributed by atoms with E-state index in [4.69, 9.17) is 14.5 Å². The molecule has 1 saturated heterocycles. The summed E-state index contributed by atoms with van der Waals surface area (Å²) >= 11 is 0. The zero-order valence-electron chi connectivity index (χ0n) is 27.1. The van der Waals surface area contributed by atoms with Crippen LogP contribution in [-0.2, 0) is 28.9 Å². The predicted octanol–water partition coefficient (Wildman–Crippen LogP) is 5.81. The summed E-state index contributed by atoms with van der Waals surface area (Å²) in [5, 5.41) is 0. The van der Waals surface area contributed by atoms with Crippen molar-refractivity contribution in [3.05, 3.63) is 58.9 Å². The van der Waals surface area contributed by atoms with Crippen LogP contribution in [0.4, 0.5) is 15.3 Å². The number of carbonyl (C=O) groups is 2. The zero-order valence-corrected chi connectivity index (χ0v) is 27.1. The summed E-state index contributed by atoms with van der Waals surface area (Å²) in [4.78, 5) is 39.5. The van der Waals surface area contributed by atoms with Gasteiger partial charge in [0.25, 0.3) is 0 Å². The van der Waals surface area contributed by atoms with Crippen LogP contribution in [0.3, 0.4) is 0 Å². The highest BCUT2D eigenvalue weighted by Gasteiger charge is 2.37. The van der Waals surface area contributed by atoms with E-state index in [1.807, 2.05) is 58.7 Å². The van der Waals surface area contributed by atoms with Crippen LogP contribution in [0.5, 0.6) is 0 Å². The van der Waals surface area contributed by atoms with Crippen molar-refractivity contribution in [2.75, 3.05) is 44.7 Å². The second kappa shape index (κ2) is 12.3. The zero-order chi connectivity index (χ0) is 30.9. The number of hydrogen-bond donors (Lipinski definition) is 0. The highest BCUT2D eigenvalue weighted by molar-refractivity contribution is 5.71. The molecule has 2 atom stereocenters. The van der Waals surface area contributed by atoms with Gasteiger partial charge in [0.05, 0.1) is 17.8 Å². The summed E-state index contributed by atoms with van der Waals surface area (Å²) in [6.07, 6.45) is 5.37. The van der Waals surface area contributed by atoms with Gasteiger partial charge in [-0.15, -0.1) is 0 Å². The van der Waals surface area contributed by atoms with Gasteiger partial charge in [0, 0.05) is 51.2 Å². The van der Waals surface area contributed by atoms with Crippen molar-refractivity contribution < 1.29 is 19.1 Å². The van der Waals surface area contributed by atoms with Gasteiger partial charge in [-0.2, -0.15) is 0 Å². The van der Waals surface area contributed by atoms with E-state index in [2.05, 4.69) is 41.1 Å². The van der Waals surface area contributed by atoms with Crippen molar-refractivity contribution in [3.63, 3.8) is 0 Å². The summed E-state index contributed by atoms with van der Waals surface area (Å²) in [5.41, 5.74) is 5.05. The largest absolute Gasteiger partial charge is 0.444 e. The Labute approximate surface area is 257 Å². The lowest BCUT2D eigenvalue weighted by Gasteiger charge is -2.43. The Hall–Kier alpha value is -3.33. The molecule has 0 N–H and O–H groups in total. The molecule has 0 saturated carbocycles. The molecule has 3 heterocycles. The number of carbonyl (C=O) groups excluding carboxylic acids is 2. The van der Waals surface area contributed by atoms with Gasteiger partial charge in [-0.25, -0.2) is 9.59 Å². The van der Waals surface area contributed by atoms with Crippen LogP contribution in [0.1, 0.15) is 82.8 Å². The second-order valence-electron chi connectivity index (χ2n) is 14.2. The van der Waals surface area contributed by atoms with Gasteiger partial charge in [-0.3, -0.25) is 14.8 Å². The number of aromatic nitrogens is 1. The van der Waals surface area contributed by atoms with Crippen LogP contribution in [0, 0.1) is 0 Å². The van der Waals surface area contributed by atoms with Gasteiger partial charge < -0.3 is 19.3 Å². The molecule has 1 aliphatic carbocycles. The van der Waals surface area contributed by atoms with Gasteiger partial charge >= 0.3 is 12.2 Å². The number of aryl methyl sites for hydroxylation is 1. The number of piperazine rings is 1. The molecule has 43 heavy (non-hydrogen) atoms. The Morgan fingerprint density at radius 3 is 2.30 bits per heavy atom. The quantitative estimate of drug-likeness (QED) is 0.444. The van der Waals surface area contributed by atoms with Crippen LogP contribution in [0.25, 0.3) is 0 Å². The van der Waals surface area contributed by atoms with E-state index in [1.54, 1.807) is 4.90 Å². The number of amides is 2. The van der Waals surface area contributed by atoms with Crippen molar-refractivity contribution in [3.8, 4) is 0 Å². The first-order valence-electron chi connectivity index (χ1n) is 15.8. The normalized spacial score (nSPS) is 20.9. The predicted molar refractivity (Wildman–Crippen MR) is 168 cm³/mol. The second-order valence-corrected chi connectivity index (χ2v) is 14.2. The number of nitrogens with zero attached hydrogens (tertiary/aromatic N) is 5. The molecule has 1 aromatic carbocycles. The Balaban J connectivity index is 1.37. The molecule has 2 aliphatic heterocycles. The molecular formula is C34H49N5O4. The van der Waals surface area contributed by atoms with Gasteiger partial charge in [-0.05, 0) is 103 Å². The van der Waals surface area contributed by atoms with E-state index in [9.17, 15) is 9.59 Å². The van der Waals surface area contributed by atoms with Gasteiger partial charge in [0.2, 0.25) is 0 Å². The number of benzene rings is 1. The molecule has 5 rings (SSSR count). The Bertz CT molecular complexity index is 1310. The maximum absolute atomic E-state index is 13.6. The van der Waals surface area contributed by atoms with Crippen molar-refractivity contribution >= 4 is 17.9 Å². The average molecular weight is 592 g/mol. The minimum absolute atomic E-state index is 0.0503. The third kappa shape index (κ3) is 7.43. The molecule has 2 aromatic rings. The molecule has 3 aliphatic rings. The number of fused-ring (bicyclic) bond motifs is 2. The third-order valence-corrected chi connectivity index (χ3v) is 8.57. The van der Waals surface area contributed by atoms with Gasteiger partial charge in [0.1, 0.15) is 11.2 Å². The maximum Gasteiger partial charge on any atom is 0.410 e. The lowest BCUT2D eigenvalue weighted by molar-refractivity contribution is 0.00644. The van der Waals surface area contributed by atoms with Gasteiger partial charge in [-0.1, -0.05) is 18.2 Å². The Morgan fingerprint density at radius 1 is 0.930 bits per heavy atom. The Kier molecular flexibility index (Phi) is 8.93. The highest BCUT2D eigenvalue weighted by atomic mass is 16.6. The minimum atomic E-state index is -0.574. The molecule has 2 amide bonds. The van der Waals surface area contributed by atoms with Crippen LogP contribution >= 0.6 is 0 Å². The van der Waals surface area contributed by atoms with Crippen LogP contribution in [-0.4, -0.2) is 88.9 Å². The topological polar surface area (TPSA) is 78.5 Å². The lowest BCUT2D eigenvalue weighted by atomic mass is 9.89. The first kappa shape index (κ1) is 31.1. The van der Waals surface area contributed by atoms with E-state index in [1.165, 1.54) is 22.5 Å². The highest BCUT2D eigenvalue weighted by Crippen LogP contribution is 2.36. The van der Waals surface area contributed by atoms with E-state index in [0.717, 1.165) is 50.9 Å². The van der Waals surface area contributed by atoms with Crippen LogP contribution in [0.2, 0.25) is 0 Å². The number of rotatable bonds is 4. The first-order valence-corrected chi connectivity index (χ1v) is 15.8. The maximum atomic E-state index is 13.6. The third-order valence-electron chi connectivity index (χ3n) is 8.57. The molecule has 1 fully saturated rings. The fourth-order valence-electron chi connectivity index (χ4n) is 6.59. The summed E-state index contributed by atoms with van der Waals surface area (Å²) < 4.78 is 11.5. The van der Waals surface area contributed by atoms with Crippen molar-refractivity contribution in [2.45, 2.75) is 97.1 Å². The SMILES string of the molecule is CN(CC1Cc2c(cccc2N2CCN(C(=O)OC(C)(C)C)CC2)CN1C(=O)OC(C)(C)C)C1CCCc2cccnc21. The standard InChI is InChI=1S/C34H49N5O4/c1-33(2,3)42-31(40)38-19-17-37(18-20-38)28-14-9-12-25-22-39(32(41)43-34(4,5)6)26(21-27(25)28)23-36(7)29-15-8-11-24-13-10-16-35-30(24)29/h9-10,12-14,16,26,29H,8,11,15,17-23H2,1-7H3. The van der Waals surface area contributed by atoms with Crippen molar-refractivity contribution in [1.29, 1.82) is 0 Å². The molecule has 9 nitrogen and oxygen atoms in total. The minimum Gasteiger partial charge on any atom is -0.444 e. The van der Waals surface area contributed by atoms with Crippen molar-refractivity contribution in [2.24, 2.45) is 0 Å². The number of anilines is 1.